The molecule has 0 aliphatic carbocycles. The molecule has 23 heavy (non-hydrogen) atoms. The third kappa shape index (κ3) is 3.24. The Hall–Kier alpha value is -1.89. The Morgan fingerprint density at radius 2 is 1.78 bits per heavy atom. The molecule has 0 aromatic heterocycles. The highest BCUT2D eigenvalue weighted by molar-refractivity contribution is 14.1. The third-order valence-electron chi connectivity index (χ3n) is 3.94. The molecule has 1 aliphatic heterocycles. The fraction of sp³-hybridized carbons (Fsp3) is 0.222. The maximum Gasteiger partial charge on any atom is 0.256 e. The van der Waals surface area contributed by atoms with E-state index in [1.54, 1.807) is 12.1 Å². The van der Waals surface area contributed by atoms with E-state index >= 15 is 0 Å². The van der Waals surface area contributed by atoms with Crippen LogP contribution >= 0.6 is 22.6 Å². The molecule has 4 nitrogen and oxygen atoms in total. The predicted molar refractivity (Wildman–Crippen MR) is 99.6 cm³/mol. The summed E-state index contributed by atoms with van der Waals surface area (Å²) in [6, 6.07) is 12.9. The average Bonchev–Trinajstić information content (AvgIpc) is 2.78. The van der Waals surface area contributed by atoms with Gasteiger partial charge in [0.1, 0.15) is 6.04 Å². The van der Waals surface area contributed by atoms with E-state index in [1.165, 1.54) is 10.5 Å². The summed E-state index contributed by atoms with van der Waals surface area (Å²) in [5, 5.41) is 3.21. The SMILES string of the molecule is Cc1ccc(NC2CC(=O)N(c3ccc(I)cc3)C2=O)c(C)c1. The van der Waals surface area contributed by atoms with Crippen LogP contribution in [-0.4, -0.2) is 17.9 Å². The highest BCUT2D eigenvalue weighted by Gasteiger charge is 2.39. The van der Waals surface area contributed by atoms with Crippen LogP contribution in [0, 0.1) is 17.4 Å². The van der Waals surface area contributed by atoms with E-state index < -0.39 is 6.04 Å². The molecule has 0 spiro atoms. The van der Waals surface area contributed by atoms with Crippen molar-refractivity contribution in [1.29, 1.82) is 0 Å². The Morgan fingerprint density at radius 1 is 1.09 bits per heavy atom. The van der Waals surface area contributed by atoms with E-state index in [4.69, 9.17) is 0 Å². The summed E-state index contributed by atoms with van der Waals surface area (Å²) >= 11 is 2.19. The van der Waals surface area contributed by atoms with Gasteiger partial charge in [0.15, 0.2) is 0 Å². The van der Waals surface area contributed by atoms with Crippen LogP contribution in [0.15, 0.2) is 42.5 Å². The fourth-order valence-electron chi connectivity index (χ4n) is 2.77. The summed E-state index contributed by atoms with van der Waals surface area (Å²) in [7, 11) is 0. The second-order valence-corrected chi connectivity index (χ2v) is 7.01. The molecule has 2 amide bonds. The van der Waals surface area contributed by atoms with Crippen molar-refractivity contribution in [3.63, 3.8) is 0 Å². The van der Waals surface area contributed by atoms with E-state index in [0.29, 0.717) is 5.69 Å². The lowest BCUT2D eigenvalue weighted by Crippen LogP contribution is -2.34. The highest BCUT2D eigenvalue weighted by atomic mass is 127. The normalized spacial score (nSPS) is 17.7. The molecule has 1 unspecified atom stereocenters. The molecular weight excluding hydrogens is 403 g/mol. The molecule has 1 heterocycles. The van der Waals surface area contributed by atoms with Gasteiger partial charge in [-0.25, -0.2) is 4.90 Å². The number of hydrogen-bond donors (Lipinski definition) is 1. The third-order valence-corrected chi connectivity index (χ3v) is 4.66. The molecule has 0 saturated carbocycles. The molecule has 2 aromatic rings. The van der Waals surface area contributed by atoms with Crippen LogP contribution in [0.4, 0.5) is 11.4 Å². The number of benzene rings is 2. The van der Waals surface area contributed by atoms with Gasteiger partial charge in [0, 0.05) is 9.26 Å². The molecule has 0 bridgehead atoms. The molecule has 3 rings (SSSR count). The Balaban J connectivity index is 1.82. The van der Waals surface area contributed by atoms with Gasteiger partial charge in [0.25, 0.3) is 5.91 Å². The van der Waals surface area contributed by atoms with Gasteiger partial charge in [-0.2, -0.15) is 0 Å². The first kappa shape index (κ1) is 16.0. The second kappa shape index (κ2) is 6.31. The number of aryl methyl sites for hydroxylation is 2. The molecule has 1 N–H and O–H groups in total. The van der Waals surface area contributed by atoms with E-state index in [2.05, 4.69) is 34.0 Å². The molecule has 118 valence electrons. The summed E-state index contributed by atoms with van der Waals surface area (Å²) in [5.41, 5.74) is 3.76. The smallest absolute Gasteiger partial charge is 0.256 e. The molecule has 1 fully saturated rings. The van der Waals surface area contributed by atoms with E-state index in [9.17, 15) is 9.59 Å². The average molecular weight is 420 g/mol. The lowest BCUT2D eigenvalue weighted by molar-refractivity contribution is -0.121. The second-order valence-electron chi connectivity index (χ2n) is 5.76. The van der Waals surface area contributed by atoms with Crippen molar-refractivity contribution in [2.24, 2.45) is 0 Å². The van der Waals surface area contributed by atoms with Crippen LogP contribution in [0.2, 0.25) is 0 Å². The molecule has 0 radical (unpaired) electrons. The first-order valence-electron chi connectivity index (χ1n) is 7.42. The van der Waals surface area contributed by atoms with Crippen LogP contribution in [0.5, 0.6) is 0 Å². The number of nitrogens with zero attached hydrogens (tertiary/aromatic N) is 1. The van der Waals surface area contributed by atoms with Gasteiger partial charge < -0.3 is 5.32 Å². The van der Waals surface area contributed by atoms with Gasteiger partial charge in [0.05, 0.1) is 12.1 Å². The lowest BCUT2D eigenvalue weighted by atomic mass is 10.1. The van der Waals surface area contributed by atoms with Gasteiger partial charge >= 0.3 is 0 Å². The Morgan fingerprint density at radius 3 is 2.43 bits per heavy atom. The number of anilines is 2. The Kier molecular flexibility index (Phi) is 4.39. The largest absolute Gasteiger partial charge is 0.373 e. The van der Waals surface area contributed by atoms with Crippen LogP contribution in [0.1, 0.15) is 17.5 Å². The highest BCUT2D eigenvalue weighted by Crippen LogP contribution is 2.26. The molecule has 2 aromatic carbocycles. The van der Waals surface area contributed by atoms with Gasteiger partial charge in [-0.15, -0.1) is 0 Å². The van der Waals surface area contributed by atoms with Crippen molar-refractivity contribution in [1.82, 2.24) is 0 Å². The summed E-state index contributed by atoms with van der Waals surface area (Å²) < 4.78 is 1.07. The fourth-order valence-corrected chi connectivity index (χ4v) is 3.13. The van der Waals surface area contributed by atoms with Crippen LogP contribution < -0.4 is 10.2 Å². The number of carbonyl (C=O) groups is 2. The number of rotatable bonds is 3. The summed E-state index contributed by atoms with van der Waals surface area (Å²) in [6.07, 6.45) is 0.179. The molecular formula is C18H17IN2O2. The Labute approximate surface area is 149 Å². The van der Waals surface area contributed by atoms with Crippen molar-refractivity contribution >= 4 is 45.8 Å². The zero-order valence-corrected chi connectivity index (χ0v) is 15.1. The van der Waals surface area contributed by atoms with Crippen LogP contribution in [0.25, 0.3) is 0 Å². The first-order chi connectivity index (χ1) is 11.0. The molecule has 1 saturated heterocycles. The van der Waals surface area contributed by atoms with Crippen molar-refractivity contribution in [2.45, 2.75) is 26.3 Å². The standard InChI is InChI=1S/C18H17IN2O2/c1-11-3-8-15(12(2)9-11)20-16-10-17(22)21(18(16)23)14-6-4-13(19)5-7-14/h3-9,16,20H,10H2,1-2H3. The summed E-state index contributed by atoms with van der Waals surface area (Å²) in [6.45, 7) is 4.02. The number of carbonyl (C=O) groups excluding carboxylic acids is 2. The monoisotopic (exact) mass is 420 g/mol. The van der Waals surface area contributed by atoms with Crippen molar-refractivity contribution in [3.8, 4) is 0 Å². The van der Waals surface area contributed by atoms with Gasteiger partial charge in [-0.3, -0.25) is 9.59 Å². The first-order valence-corrected chi connectivity index (χ1v) is 8.50. The minimum Gasteiger partial charge on any atom is -0.373 e. The van der Waals surface area contributed by atoms with Gasteiger partial charge in [-0.05, 0) is 72.3 Å². The minimum absolute atomic E-state index is 0.168. The van der Waals surface area contributed by atoms with Gasteiger partial charge in [0.2, 0.25) is 5.91 Å². The Bertz CT molecular complexity index is 771. The summed E-state index contributed by atoms with van der Waals surface area (Å²) in [4.78, 5) is 26.2. The van der Waals surface area contributed by atoms with Gasteiger partial charge in [-0.1, -0.05) is 17.7 Å². The number of imide groups is 1. The minimum atomic E-state index is -0.511. The number of hydrogen-bond acceptors (Lipinski definition) is 3. The van der Waals surface area contributed by atoms with Crippen molar-refractivity contribution < 1.29 is 9.59 Å². The van der Waals surface area contributed by atoms with Crippen molar-refractivity contribution in [2.75, 3.05) is 10.2 Å². The van der Waals surface area contributed by atoms with E-state index in [-0.39, 0.29) is 18.2 Å². The molecule has 1 aliphatic rings. The predicted octanol–water partition coefficient (Wildman–Crippen LogP) is 3.65. The van der Waals surface area contributed by atoms with Crippen LogP contribution in [0.3, 0.4) is 0 Å². The maximum atomic E-state index is 12.6. The summed E-state index contributed by atoms with van der Waals surface area (Å²) in [5.74, 6) is -0.366. The topological polar surface area (TPSA) is 49.4 Å². The quantitative estimate of drug-likeness (QED) is 0.610. The van der Waals surface area contributed by atoms with Crippen LogP contribution in [-0.2, 0) is 9.59 Å². The molecule has 1 atom stereocenters. The molecule has 5 heteroatoms. The zero-order chi connectivity index (χ0) is 16.6. The van der Waals surface area contributed by atoms with E-state index in [0.717, 1.165) is 14.8 Å². The van der Waals surface area contributed by atoms with E-state index in [1.807, 2.05) is 38.1 Å². The lowest BCUT2D eigenvalue weighted by Gasteiger charge is -2.17. The zero-order valence-electron chi connectivity index (χ0n) is 13.0. The number of nitrogens with one attached hydrogen (secondary N) is 1. The number of amides is 2. The maximum absolute atomic E-state index is 12.6. The van der Waals surface area contributed by atoms with Crippen molar-refractivity contribution in [3.05, 3.63) is 57.2 Å². The number of halogens is 1.